The van der Waals surface area contributed by atoms with Crippen LogP contribution in [0.2, 0.25) is 0 Å². The lowest BCUT2D eigenvalue weighted by molar-refractivity contribution is 0.0954. The Balaban J connectivity index is 1.41. The van der Waals surface area contributed by atoms with E-state index in [0.29, 0.717) is 18.5 Å². The molecule has 0 aliphatic carbocycles. The third kappa shape index (κ3) is 3.44. The molecule has 1 amide bonds. The number of benzene rings is 2. The van der Waals surface area contributed by atoms with Gasteiger partial charge in [-0.3, -0.25) is 9.36 Å². The van der Waals surface area contributed by atoms with Crippen molar-refractivity contribution in [2.75, 3.05) is 6.54 Å². The van der Waals surface area contributed by atoms with Crippen LogP contribution in [-0.2, 0) is 13.5 Å². The molecule has 2 aromatic carbocycles. The van der Waals surface area contributed by atoms with Gasteiger partial charge in [0.15, 0.2) is 0 Å². The lowest BCUT2D eigenvalue weighted by Gasteiger charge is -2.06. The zero-order valence-corrected chi connectivity index (χ0v) is 14.8. The van der Waals surface area contributed by atoms with E-state index in [-0.39, 0.29) is 11.7 Å². The second kappa shape index (κ2) is 7.03. The highest BCUT2D eigenvalue weighted by Crippen LogP contribution is 2.22. The maximum Gasteiger partial charge on any atom is 0.251 e. The predicted molar refractivity (Wildman–Crippen MR) is 100 cm³/mol. The van der Waals surface area contributed by atoms with Crippen molar-refractivity contribution >= 4 is 16.8 Å². The van der Waals surface area contributed by atoms with E-state index in [1.54, 1.807) is 35.4 Å². The van der Waals surface area contributed by atoms with Gasteiger partial charge >= 0.3 is 0 Å². The highest BCUT2D eigenvalue weighted by atomic mass is 19.1. The van der Waals surface area contributed by atoms with E-state index < -0.39 is 0 Å². The topological polar surface area (TPSA) is 64.7 Å². The minimum atomic E-state index is -0.257. The number of fused-ring (bicyclic) bond motifs is 1. The van der Waals surface area contributed by atoms with Crippen molar-refractivity contribution in [1.29, 1.82) is 0 Å². The first-order chi connectivity index (χ1) is 13.1. The summed E-state index contributed by atoms with van der Waals surface area (Å²) in [4.78, 5) is 12.3. The second-order valence-corrected chi connectivity index (χ2v) is 6.35. The van der Waals surface area contributed by atoms with E-state index in [4.69, 9.17) is 0 Å². The Hall–Kier alpha value is -3.48. The fraction of sp³-hybridized carbons (Fsp3) is 0.150. The predicted octanol–water partition coefficient (Wildman–Crippen LogP) is 2.87. The van der Waals surface area contributed by atoms with Gasteiger partial charge in [-0.2, -0.15) is 0 Å². The molecular weight excluding hydrogens is 345 g/mol. The number of carbonyl (C=O) groups is 1. The van der Waals surface area contributed by atoms with Crippen LogP contribution < -0.4 is 5.32 Å². The Kier molecular flexibility index (Phi) is 4.42. The minimum absolute atomic E-state index is 0.142. The molecule has 1 N–H and O–H groups in total. The van der Waals surface area contributed by atoms with Crippen LogP contribution in [-0.4, -0.2) is 31.8 Å². The number of aryl methyl sites for hydroxylation is 1. The maximum absolute atomic E-state index is 13.5. The first-order valence-electron chi connectivity index (χ1n) is 8.58. The average Bonchev–Trinajstić information content (AvgIpc) is 3.31. The summed E-state index contributed by atoms with van der Waals surface area (Å²) in [6, 6.07) is 12.0. The molecule has 136 valence electrons. The number of amides is 1. The van der Waals surface area contributed by atoms with E-state index in [1.807, 2.05) is 29.9 Å². The zero-order chi connectivity index (χ0) is 18.8. The van der Waals surface area contributed by atoms with Gasteiger partial charge in [0, 0.05) is 41.9 Å². The van der Waals surface area contributed by atoms with Gasteiger partial charge in [-0.05, 0) is 54.4 Å². The molecule has 0 atom stereocenters. The average molecular weight is 363 g/mol. The van der Waals surface area contributed by atoms with E-state index >= 15 is 0 Å². The normalized spacial score (nSPS) is 11.0. The number of hydrogen-bond donors (Lipinski definition) is 1. The van der Waals surface area contributed by atoms with Crippen molar-refractivity contribution in [2.24, 2.45) is 7.05 Å². The zero-order valence-electron chi connectivity index (χ0n) is 14.8. The van der Waals surface area contributed by atoms with E-state index in [9.17, 15) is 9.18 Å². The van der Waals surface area contributed by atoms with Gasteiger partial charge in [0.25, 0.3) is 5.91 Å². The first-order valence-corrected chi connectivity index (χ1v) is 8.58. The number of halogens is 1. The molecule has 0 aliphatic rings. The Morgan fingerprint density at radius 2 is 1.85 bits per heavy atom. The molecule has 0 bridgehead atoms. The van der Waals surface area contributed by atoms with Gasteiger partial charge in [0.1, 0.15) is 18.5 Å². The Morgan fingerprint density at radius 1 is 1.11 bits per heavy atom. The van der Waals surface area contributed by atoms with Crippen molar-refractivity contribution in [1.82, 2.24) is 24.6 Å². The number of aromatic nitrogens is 4. The van der Waals surface area contributed by atoms with Gasteiger partial charge in [-0.15, -0.1) is 10.2 Å². The lowest BCUT2D eigenvalue weighted by atomic mass is 10.1. The highest BCUT2D eigenvalue weighted by molar-refractivity contribution is 5.94. The molecule has 4 rings (SSSR count). The van der Waals surface area contributed by atoms with Gasteiger partial charge < -0.3 is 9.88 Å². The molecule has 0 saturated carbocycles. The Labute approximate surface area is 155 Å². The van der Waals surface area contributed by atoms with Gasteiger partial charge in [-0.1, -0.05) is 0 Å². The van der Waals surface area contributed by atoms with Crippen LogP contribution in [0.4, 0.5) is 4.39 Å². The van der Waals surface area contributed by atoms with Crippen LogP contribution in [0.3, 0.4) is 0 Å². The molecular formula is C20H18FN5O. The van der Waals surface area contributed by atoms with Crippen LogP contribution in [0.25, 0.3) is 16.6 Å². The Bertz CT molecular complexity index is 1080. The molecule has 7 heteroatoms. The van der Waals surface area contributed by atoms with Crippen LogP contribution in [0, 0.1) is 5.82 Å². The molecule has 0 spiro atoms. The fourth-order valence-corrected chi connectivity index (χ4v) is 3.18. The summed E-state index contributed by atoms with van der Waals surface area (Å²) < 4.78 is 17.3. The van der Waals surface area contributed by atoms with E-state index in [2.05, 4.69) is 15.5 Å². The van der Waals surface area contributed by atoms with Gasteiger partial charge in [-0.25, -0.2) is 4.39 Å². The third-order valence-electron chi connectivity index (χ3n) is 4.56. The quantitative estimate of drug-likeness (QED) is 0.593. The van der Waals surface area contributed by atoms with Crippen LogP contribution >= 0.6 is 0 Å². The van der Waals surface area contributed by atoms with Crippen molar-refractivity contribution in [2.45, 2.75) is 6.42 Å². The fourth-order valence-electron chi connectivity index (χ4n) is 3.18. The van der Waals surface area contributed by atoms with Gasteiger partial charge in [0.05, 0.1) is 0 Å². The van der Waals surface area contributed by atoms with Crippen molar-refractivity contribution in [3.63, 3.8) is 0 Å². The molecule has 0 fully saturated rings. The van der Waals surface area contributed by atoms with Crippen LogP contribution in [0.1, 0.15) is 15.9 Å². The van der Waals surface area contributed by atoms with E-state index in [1.165, 1.54) is 12.1 Å². The summed E-state index contributed by atoms with van der Waals surface area (Å²) in [7, 11) is 1.93. The molecule has 0 saturated heterocycles. The monoisotopic (exact) mass is 363 g/mol. The third-order valence-corrected chi connectivity index (χ3v) is 4.56. The van der Waals surface area contributed by atoms with Crippen molar-refractivity contribution < 1.29 is 9.18 Å². The number of nitrogens with one attached hydrogen (secondary N) is 1. The minimum Gasteiger partial charge on any atom is -0.352 e. The molecule has 27 heavy (non-hydrogen) atoms. The molecule has 0 aliphatic heterocycles. The number of carbonyl (C=O) groups excluding carboxylic acids is 1. The van der Waals surface area contributed by atoms with E-state index in [0.717, 1.165) is 22.2 Å². The highest BCUT2D eigenvalue weighted by Gasteiger charge is 2.09. The summed E-state index contributed by atoms with van der Waals surface area (Å²) in [5, 5.41) is 11.3. The first kappa shape index (κ1) is 17.0. The summed E-state index contributed by atoms with van der Waals surface area (Å²) >= 11 is 0. The standard InChI is InChI=1S/C20H18FN5O/c1-25-11-15(18-10-16(21)4-7-19(18)25)8-9-22-20(27)14-2-5-17(6-3-14)26-12-23-24-13-26/h2-7,10-13H,8-9H2,1H3,(H,22,27). The molecule has 0 unspecified atom stereocenters. The summed E-state index contributed by atoms with van der Waals surface area (Å²) in [5.41, 5.74) is 3.45. The van der Waals surface area contributed by atoms with Crippen LogP contribution in [0.5, 0.6) is 0 Å². The molecule has 0 radical (unpaired) electrons. The van der Waals surface area contributed by atoms with Crippen molar-refractivity contribution in [3.8, 4) is 5.69 Å². The summed E-state index contributed by atoms with van der Waals surface area (Å²) in [6.07, 6.45) is 5.81. The number of nitrogens with zero attached hydrogens (tertiary/aromatic N) is 4. The molecule has 4 aromatic rings. The van der Waals surface area contributed by atoms with Crippen LogP contribution in [0.15, 0.2) is 61.3 Å². The molecule has 2 aromatic heterocycles. The Morgan fingerprint density at radius 3 is 2.59 bits per heavy atom. The number of rotatable bonds is 5. The largest absolute Gasteiger partial charge is 0.352 e. The smallest absolute Gasteiger partial charge is 0.251 e. The van der Waals surface area contributed by atoms with Crippen molar-refractivity contribution in [3.05, 3.63) is 78.3 Å². The SMILES string of the molecule is Cn1cc(CCNC(=O)c2ccc(-n3cnnc3)cc2)c2cc(F)ccc21. The summed E-state index contributed by atoms with van der Waals surface area (Å²) in [5.74, 6) is -0.399. The summed E-state index contributed by atoms with van der Waals surface area (Å²) in [6.45, 7) is 0.474. The van der Waals surface area contributed by atoms with Gasteiger partial charge in [0.2, 0.25) is 0 Å². The molecule has 2 heterocycles. The molecule has 6 nitrogen and oxygen atoms in total. The lowest BCUT2D eigenvalue weighted by Crippen LogP contribution is -2.25. The number of hydrogen-bond acceptors (Lipinski definition) is 3. The maximum atomic E-state index is 13.5. The second-order valence-electron chi connectivity index (χ2n) is 6.35.